The fourth-order valence-electron chi connectivity index (χ4n) is 4.00. The van der Waals surface area contributed by atoms with Crippen molar-refractivity contribution < 1.29 is 9.53 Å². The van der Waals surface area contributed by atoms with Crippen molar-refractivity contribution in [1.29, 1.82) is 0 Å². The summed E-state index contributed by atoms with van der Waals surface area (Å²) in [4.78, 5) is 26.1. The van der Waals surface area contributed by atoms with Crippen LogP contribution in [0.4, 0.5) is 10.6 Å². The van der Waals surface area contributed by atoms with E-state index in [-0.39, 0.29) is 12.1 Å². The van der Waals surface area contributed by atoms with Gasteiger partial charge in [0.15, 0.2) is 0 Å². The van der Waals surface area contributed by atoms with Crippen LogP contribution >= 0.6 is 0 Å². The maximum Gasteiger partial charge on any atom is 0.320 e. The van der Waals surface area contributed by atoms with E-state index in [2.05, 4.69) is 10.6 Å². The predicted molar refractivity (Wildman–Crippen MR) is 133 cm³/mol. The van der Waals surface area contributed by atoms with Gasteiger partial charge in [-0.05, 0) is 48.1 Å². The number of hydrogen-bond acceptors (Lipinski definition) is 3. The number of aromatic nitrogens is 1. The molecule has 0 fully saturated rings. The zero-order valence-electron chi connectivity index (χ0n) is 19.2. The summed E-state index contributed by atoms with van der Waals surface area (Å²) in [6, 6.07) is 20.8. The Labute approximate surface area is 192 Å². The summed E-state index contributed by atoms with van der Waals surface area (Å²) in [6.45, 7) is 4.30. The Morgan fingerprint density at radius 1 is 0.939 bits per heavy atom. The quantitative estimate of drug-likeness (QED) is 0.450. The highest BCUT2D eigenvalue weighted by molar-refractivity contribution is 6.05. The van der Waals surface area contributed by atoms with Gasteiger partial charge in [-0.15, -0.1) is 0 Å². The van der Waals surface area contributed by atoms with Crippen molar-refractivity contribution in [2.24, 2.45) is 7.05 Å². The molecule has 33 heavy (non-hydrogen) atoms. The minimum Gasteiger partial charge on any atom is -0.496 e. The van der Waals surface area contributed by atoms with Crippen LogP contribution in [0.15, 0.2) is 71.5 Å². The summed E-state index contributed by atoms with van der Waals surface area (Å²) in [6.07, 6.45) is 0. The summed E-state index contributed by atoms with van der Waals surface area (Å²) >= 11 is 0. The Morgan fingerprint density at radius 2 is 1.58 bits per heavy atom. The van der Waals surface area contributed by atoms with Gasteiger partial charge >= 0.3 is 6.03 Å². The third kappa shape index (κ3) is 4.32. The van der Waals surface area contributed by atoms with E-state index in [1.165, 1.54) is 4.57 Å². The number of nitrogens with zero attached hydrogens (tertiary/aromatic N) is 1. The van der Waals surface area contributed by atoms with E-state index < -0.39 is 6.03 Å². The minimum absolute atomic E-state index is 0.159. The summed E-state index contributed by atoms with van der Waals surface area (Å²) < 4.78 is 6.86. The first kappa shape index (κ1) is 22.1. The number of carbonyl (C=O) groups excluding carboxylic acids is 1. The Balaban J connectivity index is 1.78. The van der Waals surface area contributed by atoms with Crippen molar-refractivity contribution in [3.63, 3.8) is 0 Å². The molecule has 1 heterocycles. The average molecular weight is 442 g/mol. The Morgan fingerprint density at radius 3 is 2.27 bits per heavy atom. The molecule has 0 radical (unpaired) electrons. The van der Waals surface area contributed by atoms with E-state index in [0.29, 0.717) is 17.0 Å². The van der Waals surface area contributed by atoms with Crippen LogP contribution in [0.3, 0.4) is 0 Å². The number of amides is 2. The number of carbonyl (C=O) groups is 1. The summed E-state index contributed by atoms with van der Waals surface area (Å²) in [7, 11) is 3.28. The number of aryl methyl sites for hydroxylation is 2. The molecule has 0 unspecified atom stereocenters. The number of methoxy groups -OCH3 is 1. The molecule has 0 atom stereocenters. The third-order valence-electron chi connectivity index (χ3n) is 5.94. The van der Waals surface area contributed by atoms with Crippen molar-refractivity contribution in [2.75, 3.05) is 12.4 Å². The van der Waals surface area contributed by atoms with Crippen molar-refractivity contribution in [3.05, 3.63) is 93.8 Å². The largest absolute Gasteiger partial charge is 0.496 e. The van der Waals surface area contributed by atoms with Crippen molar-refractivity contribution in [3.8, 4) is 16.9 Å². The molecule has 1 aromatic heterocycles. The molecule has 4 aromatic rings. The van der Waals surface area contributed by atoms with Crippen LogP contribution < -0.4 is 20.9 Å². The number of nitrogens with one attached hydrogen (secondary N) is 2. The second-order valence-corrected chi connectivity index (χ2v) is 8.06. The van der Waals surface area contributed by atoms with E-state index in [0.717, 1.165) is 33.2 Å². The highest BCUT2D eigenvalue weighted by atomic mass is 16.5. The fourth-order valence-corrected chi connectivity index (χ4v) is 4.00. The van der Waals surface area contributed by atoms with Crippen LogP contribution in [0.25, 0.3) is 21.9 Å². The number of rotatable bonds is 5. The van der Waals surface area contributed by atoms with Crippen LogP contribution in [0.2, 0.25) is 0 Å². The molecule has 3 aromatic carbocycles. The second-order valence-electron chi connectivity index (χ2n) is 8.06. The molecule has 0 saturated heterocycles. The Kier molecular flexibility index (Phi) is 6.18. The third-order valence-corrected chi connectivity index (χ3v) is 5.94. The average Bonchev–Trinajstić information content (AvgIpc) is 2.83. The van der Waals surface area contributed by atoms with E-state index in [1.807, 2.05) is 80.6 Å². The number of pyridine rings is 1. The maximum absolute atomic E-state index is 13.2. The molecule has 0 saturated carbocycles. The SMILES string of the molecule is COc1ccccc1CNC(=O)Nc1c(-c2ccccc2)c2cc(C)c(C)cc2c(=O)n1C. The molecule has 0 spiro atoms. The first-order chi connectivity index (χ1) is 15.9. The standard InChI is InChI=1S/C27H27N3O3/c1-17-14-21-22(15-18(17)2)26(31)30(3)25(24(21)19-10-6-5-7-11-19)29-27(32)28-16-20-12-8-9-13-23(20)33-4/h5-15H,16H2,1-4H3,(H2,28,29,32). The molecule has 2 N–H and O–H groups in total. The van der Waals surface area contributed by atoms with Crippen molar-refractivity contribution >= 4 is 22.6 Å². The van der Waals surface area contributed by atoms with Gasteiger partial charge in [-0.1, -0.05) is 54.6 Å². The van der Waals surface area contributed by atoms with Gasteiger partial charge in [0.25, 0.3) is 5.56 Å². The summed E-state index contributed by atoms with van der Waals surface area (Å²) in [5.74, 6) is 1.14. The molecule has 0 aliphatic carbocycles. The highest BCUT2D eigenvalue weighted by Gasteiger charge is 2.19. The number of urea groups is 1. The van der Waals surface area contributed by atoms with Gasteiger partial charge in [-0.25, -0.2) is 4.79 Å². The van der Waals surface area contributed by atoms with E-state index in [1.54, 1.807) is 14.2 Å². The van der Waals surface area contributed by atoms with Gasteiger partial charge in [0, 0.05) is 30.1 Å². The molecular weight excluding hydrogens is 414 g/mol. The lowest BCUT2D eigenvalue weighted by Gasteiger charge is -2.19. The lowest BCUT2D eigenvalue weighted by Crippen LogP contribution is -2.32. The number of benzene rings is 3. The van der Waals surface area contributed by atoms with E-state index >= 15 is 0 Å². The zero-order valence-corrected chi connectivity index (χ0v) is 19.2. The normalized spacial score (nSPS) is 10.8. The number of para-hydroxylation sites is 1. The molecular formula is C27H27N3O3. The molecule has 0 bridgehead atoms. The van der Waals surface area contributed by atoms with Crippen molar-refractivity contribution in [1.82, 2.24) is 9.88 Å². The Hall–Kier alpha value is -4.06. The highest BCUT2D eigenvalue weighted by Crippen LogP contribution is 2.35. The first-order valence-electron chi connectivity index (χ1n) is 10.8. The molecule has 6 nitrogen and oxygen atoms in total. The molecule has 168 valence electrons. The number of anilines is 1. The topological polar surface area (TPSA) is 72.4 Å². The molecule has 6 heteroatoms. The number of fused-ring (bicyclic) bond motifs is 1. The van der Waals surface area contributed by atoms with Gasteiger partial charge in [0.1, 0.15) is 11.6 Å². The molecule has 0 aliphatic rings. The molecule has 4 rings (SSSR count). The van der Waals surface area contributed by atoms with Gasteiger partial charge in [0.05, 0.1) is 7.11 Å². The van der Waals surface area contributed by atoms with Crippen LogP contribution in [-0.2, 0) is 13.6 Å². The van der Waals surface area contributed by atoms with Crippen LogP contribution in [0, 0.1) is 13.8 Å². The smallest absolute Gasteiger partial charge is 0.320 e. The van der Waals surface area contributed by atoms with Crippen LogP contribution in [-0.4, -0.2) is 17.7 Å². The van der Waals surface area contributed by atoms with Crippen LogP contribution in [0.5, 0.6) is 5.75 Å². The van der Waals surface area contributed by atoms with Gasteiger partial charge < -0.3 is 10.1 Å². The lowest BCUT2D eigenvalue weighted by atomic mass is 9.96. The van der Waals surface area contributed by atoms with E-state index in [9.17, 15) is 9.59 Å². The zero-order chi connectivity index (χ0) is 23.5. The monoisotopic (exact) mass is 441 g/mol. The van der Waals surface area contributed by atoms with E-state index in [4.69, 9.17) is 4.74 Å². The minimum atomic E-state index is -0.406. The van der Waals surface area contributed by atoms with Gasteiger partial charge in [-0.2, -0.15) is 0 Å². The fraction of sp³-hybridized carbons (Fsp3) is 0.185. The van der Waals surface area contributed by atoms with Gasteiger partial charge in [0.2, 0.25) is 0 Å². The molecule has 0 aliphatic heterocycles. The van der Waals surface area contributed by atoms with Gasteiger partial charge in [-0.3, -0.25) is 14.7 Å². The first-order valence-corrected chi connectivity index (χ1v) is 10.8. The number of ether oxygens (including phenoxy) is 1. The second kappa shape index (κ2) is 9.20. The lowest BCUT2D eigenvalue weighted by molar-refractivity contribution is 0.251. The number of hydrogen-bond donors (Lipinski definition) is 2. The molecule has 2 amide bonds. The van der Waals surface area contributed by atoms with Crippen molar-refractivity contribution in [2.45, 2.75) is 20.4 Å². The summed E-state index contributed by atoms with van der Waals surface area (Å²) in [5, 5.41) is 7.23. The predicted octanol–water partition coefficient (Wildman–Crippen LogP) is 5.15. The maximum atomic E-state index is 13.2. The van der Waals surface area contributed by atoms with Crippen LogP contribution in [0.1, 0.15) is 16.7 Å². The summed E-state index contributed by atoms with van der Waals surface area (Å²) in [5.41, 5.74) is 4.56. The Bertz CT molecular complexity index is 1390.